The van der Waals surface area contributed by atoms with E-state index in [4.69, 9.17) is 5.14 Å². The van der Waals surface area contributed by atoms with E-state index >= 15 is 0 Å². The molecule has 0 aliphatic rings. The Morgan fingerprint density at radius 2 is 2.23 bits per heavy atom. The fraction of sp³-hybridized carbons (Fsp3) is 0.500. The number of rotatable bonds is 3. The molecule has 0 unspecified atom stereocenters. The van der Waals surface area contributed by atoms with Crippen molar-refractivity contribution in [2.24, 2.45) is 5.14 Å². The first-order chi connectivity index (χ1) is 5.90. The molecule has 1 aromatic rings. The van der Waals surface area contributed by atoms with Gasteiger partial charge in [-0.1, -0.05) is 0 Å². The van der Waals surface area contributed by atoms with Gasteiger partial charge in [0.1, 0.15) is 0 Å². The molecule has 0 aromatic carbocycles. The van der Waals surface area contributed by atoms with Gasteiger partial charge in [-0.3, -0.25) is 0 Å². The zero-order valence-corrected chi connectivity index (χ0v) is 8.15. The monoisotopic (exact) mass is 205 g/mol. The number of nitrogens with zero attached hydrogens (tertiary/aromatic N) is 2. The third kappa shape index (κ3) is 2.71. The number of nitrogens with two attached hydrogens (primary N) is 1. The minimum Gasteiger partial charge on any atom is -0.351 e. The lowest BCUT2D eigenvalue weighted by Gasteiger charge is -2.09. The Labute approximate surface area is 76.6 Å². The number of hydrogen-bond acceptors (Lipinski definition) is 4. The Kier molecular flexibility index (Phi) is 2.58. The minimum atomic E-state index is -3.96. The average molecular weight is 205 g/mol. The normalized spacial score (nSPS) is 12.0. The van der Waals surface area contributed by atoms with Crippen molar-refractivity contribution in [2.75, 3.05) is 0 Å². The minimum absolute atomic E-state index is 0.0201. The lowest BCUT2D eigenvalue weighted by Crippen LogP contribution is -2.21. The van der Waals surface area contributed by atoms with Gasteiger partial charge in [0.15, 0.2) is 0 Å². The van der Waals surface area contributed by atoms with Crippen LogP contribution in [0, 0.1) is 0 Å². The van der Waals surface area contributed by atoms with Crippen LogP contribution in [0.4, 0.5) is 0 Å². The van der Waals surface area contributed by atoms with Crippen molar-refractivity contribution < 1.29 is 12.6 Å². The van der Waals surface area contributed by atoms with E-state index in [1.807, 2.05) is 13.8 Å². The summed E-state index contributed by atoms with van der Waals surface area (Å²) in [7, 11) is -3.96. The maximum absolute atomic E-state index is 10.6. The zero-order chi connectivity index (χ0) is 10.1. The predicted molar refractivity (Wildman–Crippen MR) is 46.3 cm³/mol. The van der Waals surface area contributed by atoms with Crippen LogP contribution in [-0.2, 0) is 10.3 Å². The quantitative estimate of drug-likeness (QED) is 0.755. The van der Waals surface area contributed by atoms with Gasteiger partial charge in [0, 0.05) is 6.07 Å². The second-order valence-corrected chi connectivity index (χ2v) is 3.94. The first-order valence-corrected chi connectivity index (χ1v) is 5.13. The fourth-order valence-corrected chi connectivity index (χ4v) is 1.24. The molecule has 74 valence electrons. The zero-order valence-electron chi connectivity index (χ0n) is 7.34. The number of aromatic nitrogens is 2. The summed E-state index contributed by atoms with van der Waals surface area (Å²) in [6.45, 7) is 3.70. The molecule has 0 spiro atoms. The summed E-state index contributed by atoms with van der Waals surface area (Å²) in [5.74, 6) is 0.123. The van der Waals surface area contributed by atoms with Crippen molar-refractivity contribution in [1.82, 2.24) is 9.78 Å². The van der Waals surface area contributed by atoms with Crippen molar-refractivity contribution in [3.8, 4) is 5.88 Å². The highest BCUT2D eigenvalue weighted by molar-refractivity contribution is 7.84. The van der Waals surface area contributed by atoms with E-state index in [1.54, 1.807) is 0 Å². The molecule has 0 atom stereocenters. The Morgan fingerprint density at radius 3 is 2.69 bits per heavy atom. The van der Waals surface area contributed by atoms with E-state index in [9.17, 15) is 8.42 Å². The largest absolute Gasteiger partial charge is 0.381 e. The van der Waals surface area contributed by atoms with Gasteiger partial charge in [0.2, 0.25) is 5.88 Å². The van der Waals surface area contributed by atoms with E-state index in [2.05, 4.69) is 9.28 Å². The smallest absolute Gasteiger partial charge is 0.351 e. The van der Waals surface area contributed by atoms with Crippen LogP contribution in [-0.4, -0.2) is 18.2 Å². The second-order valence-electron chi connectivity index (χ2n) is 2.78. The van der Waals surface area contributed by atoms with Crippen LogP contribution < -0.4 is 9.32 Å². The highest BCUT2D eigenvalue weighted by atomic mass is 32.2. The van der Waals surface area contributed by atoms with E-state index in [-0.39, 0.29) is 11.9 Å². The second kappa shape index (κ2) is 3.35. The summed E-state index contributed by atoms with van der Waals surface area (Å²) in [6, 6.07) is 1.46. The molecular weight excluding hydrogens is 194 g/mol. The average Bonchev–Trinajstić information content (AvgIpc) is 2.31. The molecule has 1 aromatic heterocycles. The Morgan fingerprint density at radius 1 is 1.62 bits per heavy atom. The van der Waals surface area contributed by atoms with Gasteiger partial charge >= 0.3 is 10.3 Å². The van der Waals surface area contributed by atoms with E-state index < -0.39 is 10.3 Å². The molecule has 2 N–H and O–H groups in total. The molecule has 0 saturated carbocycles. The molecule has 1 rings (SSSR count). The molecule has 13 heavy (non-hydrogen) atoms. The summed E-state index contributed by atoms with van der Waals surface area (Å²) in [6.07, 6.45) is 1.44. The van der Waals surface area contributed by atoms with Crippen LogP contribution in [0.15, 0.2) is 12.3 Å². The molecule has 0 aliphatic heterocycles. The molecule has 1 heterocycles. The van der Waals surface area contributed by atoms with Crippen molar-refractivity contribution in [3.05, 3.63) is 12.3 Å². The van der Waals surface area contributed by atoms with Crippen molar-refractivity contribution in [3.63, 3.8) is 0 Å². The third-order valence-electron chi connectivity index (χ3n) is 1.32. The molecule has 0 bridgehead atoms. The van der Waals surface area contributed by atoms with Crippen LogP contribution in [0.3, 0.4) is 0 Å². The molecule has 0 fully saturated rings. The molecule has 0 aliphatic carbocycles. The van der Waals surface area contributed by atoms with Crippen LogP contribution >= 0.6 is 0 Å². The standard InChI is InChI=1S/C6H11N3O3S/c1-5(2)9-6(3-4-8-9)12-13(7,10)11/h3-5H,1-2H3,(H2,7,10,11). The molecule has 0 amide bonds. The van der Waals surface area contributed by atoms with Gasteiger partial charge in [0.25, 0.3) is 0 Å². The van der Waals surface area contributed by atoms with Crippen molar-refractivity contribution in [2.45, 2.75) is 19.9 Å². The van der Waals surface area contributed by atoms with E-state index in [0.717, 1.165) is 0 Å². The van der Waals surface area contributed by atoms with Crippen LogP contribution in [0.25, 0.3) is 0 Å². The maximum atomic E-state index is 10.6. The Balaban J connectivity index is 2.96. The fourth-order valence-electron chi connectivity index (χ4n) is 0.875. The van der Waals surface area contributed by atoms with Gasteiger partial charge in [-0.05, 0) is 13.8 Å². The summed E-state index contributed by atoms with van der Waals surface area (Å²) < 4.78 is 27.1. The summed E-state index contributed by atoms with van der Waals surface area (Å²) in [5.41, 5.74) is 0. The molecule has 6 nitrogen and oxygen atoms in total. The predicted octanol–water partition coefficient (Wildman–Crippen LogP) is 0.0463. The lowest BCUT2D eigenvalue weighted by atomic mass is 10.4. The first-order valence-electron chi connectivity index (χ1n) is 3.66. The first kappa shape index (κ1) is 10.0. The SMILES string of the molecule is CC(C)n1nccc1OS(N)(=O)=O. The Bertz CT molecular complexity index is 382. The molecule has 0 saturated heterocycles. The molecular formula is C6H11N3O3S. The van der Waals surface area contributed by atoms with Gasteiger partial charge in [0.05, 0.1) is 12.2 Å². The third-order valence-corrected chi connectivity index (χ3v) is 1.73. The molecule has 7 heteroatoms. The van der Waals surface area contributed by atoms with E-state index in [0.29, 0.717) is 0 Å². The van der Waals surface area contributed by atoms with Crippen molar-refractivity contribution in [1.29, 1.82) is 0 Å². The maximum Gasteiger partial charge on any atom is 0.381 e. The molecule has 0 radical (unpaired) electrons. The summed E-state index contributed by atoms with van der Waals surface area (Å²) >= 11 is 0. The summed E-state index contributed by atoms with van der Waals surface area (Å²) in [4.78, 5) is 0. The van der Waals surface area contributed by atoms with E-state index in [1.165, 1.54) is 16.9 Å². The highest BCUT2D eigenvalue weighted by Crippen LogP contribution is 2.16. The summed E-state index contributed by atoms with van der Waals surface area (Å²) in [5, 5.41) is 8.58. The lowest BCUT2D eigenvalue weighted by molar-refractivity contribution is 0.417. The van der Waals surface area contributed by atoms with Crippen LogP contribution in [0.5, 0.6) is 5.88 Å². The van der Waals surface area contributed by atoms with Crippen LogP contribution in [0.2, 0.25) is 0 Å². The van der Waals surface area contributed by atoms with Crippen molar-refractivity contribution >= 4 is 10.3 Å². The van der Waals surface area contributed by atoms with Gasteiger partial charge in [-0.15, -0.1) is 0 Å². The Hall–Kier alpha value is -1.08. The highest BCUT2D eigenvalue weighted by Gasteiger charge is 2.11. The topological polar surface area (TPSA) is 87.2 Å². The van der Waals surface area contributed by atoms with Gasteiger partial charge in [-0.25, -0.2) is 4.68 Å². The van der Waals surface area contributed by atoms with Gasteiger partial charge in [-0.2, -0.15) is 18.7 Å². The van der Waals surface area contributed by atoms with Crippen LogP contribution in [0.1, 0.15) is 19.9 Å². The number of hydrogen-bond donors (Lipinski definition) is 1. The van der Waals surface area contributed by atoms with Gasteiger partial charge < -0.3 is 4.18 Å².